The number of anilines is 2. The van der Waals surface area contributed by atoms with Crippen LogP contribution in [0.1, 0.15) is 10.4 Å². The number of urea groups is 1. The van der Waals surface area contributed by atoms with Gasteiger partial charge in [-0.05, 0) is 18.2 Å². The number of hydrogen-bond donors (Lipinski definition) is 4. The first-order valence-corrected chi connectivity index (χ1v) is 6.23. The predicted molar refractivity (Wildman–Crippen MR) is 78.4 cm³/mol. The number of aromatic amines is 1. The van der Waals surface area contributed by atoms with Crippen LogP contribution in [0.5, 0.6) is 0 Å². The smallest absolute Gasteiger partial charge is 0.316 e. The van der Waals surface area contributed by atoms with E-state index in [0.717, 1.165) is 0 Å². The number of nitrogens with two attached hydrogens (primary N) is 1. The number of benzene rings is 1. The third-order valence-corrected chi connectivity index (χ3v) is 3.33. The van der Waals surface area contributed by atoms with Gasteiger partial charge >= 0.3 is 6.03 Å². The number of nitrogens with one attached hydrogen (secondary N) is 3. The van der Waals surface area contributed by atoms with E-state index in [1.807, 2.05) is 0 Å². The summed E-state index contributed by atoms with van der Waals surface area (Å²) < 4.78 is 0. The lowest BCUT2D eigenvalue weighted by Gasteiger charge is -2.11. The summed E-state index contributed by atoms with van der Waals surface area (Å²) in [6.45, 7) is 0. The van der Waals surface area contributed by atoms with Crippen LogP contribution in [0.2, 0.25) is 10.0 Å². The Morgan fingerprint density at radius 1 is 1.05 bits per heavy atom. The standard InChI is InChI=1S/C12H10Cl2N4O2/c13-9-7(17-11(19)6-3-4-16-5-6)1-2-8(10(9)14)18-12(15)20/h1-5,16H,(H,17,19)(H3,15,18,20). The molecule has 0 aliphatic carbocycles. The number of rotatable bonds is 3. The summed E-state index contributed by atoms with van der Waals surface area (Å²) in [5.41, 5.74) is 6.06. The second kappa shape index (κ2) is 5.85. The zero-order chi connectivity index (χ0) is 14.7. The van der Waals surface area contributed by atoms with Gasteiger partial charge in [-0.3, -0.25) is 4.79 Å². The Morgan fingerprint density at radius 2 is 1.65 bits per heavy atom. The molecule has 0 fully saturated rings. The lowest BCUT2D eigenvalue weighted by atomic mass is 10.2. The molecule has 5 N–H and O–H groups in total. The van der Waals surface area contributed by atoms with E-state index in [9.17, 15) is 9.59 Å². The molecule has 3 amide bonds. The highest BCUT2D eigenvalue weighted by Crippen LogP contribution is 2.36. The summed E-state index contributed by atoms with van der Waals surface area (Å²) in [5, 5.41) is 5.15. The first-order valence-electron chi connectivity index (χ1n) is 5.47. The molecular weight excluding hydrogens is 303 g/mol. The maximum Gasteiger partial charge on any atom is 0.316 e. The fraction of sp³-hybridized carbons (Fsp3) is 0. The molecule has 20 heavy (non-hydrogen) atoms. The molecular formula is C12H10Cl2N4O2. The van der Waals surface area contributed by atoms with Crippen molar-refractivity contribution >= 4 is 46.5 Å². The maximum absolute atomic E-state index is 11.9. The van der Waals surface area contributed by atoms with Gasteiger partial charge in [0.25, 0.3) is 5.91 Å². The maximum atomic E-state index is 11.9. The van der Waals surface area contributed by atoms with E-state index in [1.165, 1.54) is 12.1 Å². The first kappa shape index (κ1) is 14.2. The Balaban J connectivity index is 2.23. The first-order chi connectivity index (χ1) is 9.49. The van der Waals surface area contributed by atoms with Crippen molar-refractivity contribution in [2.75, 3.05) is 10.6 Å². The highest BCUT2D eigenvalue weighted by atomic mass is 35.5. The van der Waals surface area contributed by atoms with E-state index in [0.29, 0.717) is 11.3 Å². The Kier molecular flexibility index (Phi) is 4.16. The molecule has 2 aromatic rings. The van der Waals surface area contributed by atoms with Gasteiger partial charge in [-0.1, -0.05) is 23.2 Å². The Morgan fingerprint density at radius 3 is 2.15 bits per heavy atom. The number of hydrogen-bond acceptors (Lipinski definition) is 2. The number of carbonyl (C=O) groups excluding carboxylic acids is 2. The van der Waals surface area contributed by atoms with Crippen molar-refractivity contribution in [3.63, 3.8) is 0 Å². The molecule has 2 rings (SSSR count). The molecule has 0 spiro atoms. The van der Waals surface area contributed by atoms with Crippen molar-refractivity contribution in [2.45, 2.75) is 0 Å². The molecule has 8 heteroatoms. The van der Waals surface area contributed by atoms with Crippen LogP contribution in [0.3, 0.4) is 0 Å². The van der Waals surface area contributed by atoms with Crippen LogP contribution < -0.4 is 16.4 Å². The van der Waals surface area contributed by atoms with E-state index in [4.69, 9.17) is 28.9 Å². The average molecular weight is 313 g/mol. The summed E-state index contributed by atoms with van der Waals surface area (Å²) in [6.07, 6.45) is 3.18. The van der Waals surface area contributed by atoms with Crippen molar-refractivity contribution < 1.29 is 9.59 Å². The van der Waals surface area contributed by atoms with Gasteiger partial charge in [0.2, 0.25) is 0 Å². The zero-order valence-electron chi connectivity index (χ0n) is 10.0. The molecule has 0 atom stereocenters. The highest BCUT2D eigenvalue weighted by Gasteiger charge is 2.14. The average Bonchev–Trinajstić information content (AvgIpc) is 2.92. The Labute approximate surface area is 124 Å². The van der Waals surface area contributed by atoms with Crippen LogP contribution in [0, 0.1) is 0 Å². The quantitative estimate of drug-likeness (QED) is 0.700. The lowest BCUT2D eigenvalue weighted by Crippen LogP contribution is -2.19. The van der Waals surface area contributed by atoms with Gasteiger partial charge in [0.15, 0.2) is 0 Å². The number of aromatic nitrogens is 1. The van der Waals surface area contributed by atoms with E-state index in [1.54, 1.807) is 18.5 Å². The van der Waals surface area contributed by atoms with Crippen molar-refractivity contribution in [1.29, 1.82) is 0 Å². The van der Waals surface area contributed by atoms with Crippen LogP contribution in [0.4, 0.5) is 16.2 Å². The van der Waals surface area contributed by atoms with Crippen LogP contribution in [-0.4, -0.2) is 16.9 Å². The molecule has 0 bridgehead atoms. The summed E-state index contributed by atoms with van der Waals surface area (Å²) in [7, 11) is 0. The molecule has 0 radical (unpaired) electrons. The van der Waals surface area contributed by atoms with Crippen LogP contribution in [-0.2, 0) is 0 Å². The number of H-pyrrole nitrogens is 1. The van der Waals surface area contributed by atoms with E-state index < -0.39 is 6.03 Å². The monoisotopic (exact) mass is 312 g/mol. The lowest BCUT2D eigenvalue weighted by molar-refractivity contribution is 0.102. The van der Waals surface area contributed by atoms with Gasteiger partial charge in [0.1, 0.15) is 0 Å². The van der Waals surface area contributed by atoms with Crippen LogP contribution in [0.25, 0.3) is 0 Å². The summed E-state index contributed by atoms with van der Waals surface area (Å²) in [4.78, 5) is 25.4. The van der Waals surface area contributed by atoms with Gasteiger partial charge in [-0.25, -0.2) is 4.79 Å². The third kappa shape index (κ3) is 3.04. The Bertz CT molecular complexity index is 656. The van der Waals surface area contributed by atoms with E-state index in [-0.39, 0.29) is 21.6 Å². The molecule has 0 saturated carbocycles. The summed E-state index contributed by atoms with van der Waals surface area (Å²) >= 11 is 12.0. The molecule has 104 valence electrons. The van der Waals surface area contributed by atoms with Crippen molar-refractivity contribution in [3.05, 3.63) is 46.2 Å². The molecule has 0 saturated heterocycles. The number of amides is 3. The van der Waals surface area contributed by atoms with Crippen LogP contribution in [0.15, 0.2) is 30.6 Å². The zero-order valence-corrected chi connectivity index (χ0v) is 11.5. The van der Waals surface area contributed by atoms with Crippen molar-refractivity contribution in [1.82, 2.24) is 4.98 Å². The normalized spacial score (nSPS) is 10.1. The highest BCUT2D eigenvalue weighted by molar-refractivity contribution is 6.45. The second-order valence-corrected chi connectivity index (χ2v) is 4.59. The molecule has 6 nitrogen and oxygen atoms in total. The van der Waals surface area contributed by atoms with Crippen molar-refractivity contribution in [3.8, 4) is 0 Å². The molecule has 1 aromatic heterocycles. The molecule has 0 aliphatic heterocycles. The topological polar surface area (TPSA) is 100 Å². The van der Waals surface area contributed by atoms with Gasteiger partial charge in [-0.2, -0.15) is 0 Å². The van der Waals surface area contributed by atoms with E-state index >= 15 is 0 Å². The fourth-order valence-corrected chi connectivity index (χ4v) is 1.96. The number of halogens is 2. The fourth-order valence-electron chi connectivity index (χ4n) is 1.53. The number of primary amides is 1. The van der Waals surface area contributed by atoms with Gasteiger partial charge in [0, 0.05) is 12.4 Å². The largest absolute Gasteiger partial charge is 0.367 e. The molecule has 1 aromatic carbocycles. The summed E-state index contributed by atoms with van der Waals surface area (Å²) in [5.74, 6) is -0.333. The minimum Gasteiger partial charge on any atom is -0.367 e. The van der Waals surface area contributed by atoms with Gasteiger partial charge in [0.05, 0.1) is 27.0 Å². The Hall–Kier alpha value is -2.18. The second-order valence-electron chi connectivity index (χ2n) is 3.83. The predicted octanol–water partition coefficient (Wildman–Crippen LogP) is 3.06. The summed E-state index contributed by atoms with van der Waals surface area (Å²) in [6, 6.07) is 3.87. The minimum absolute atomic E-state index is 0.0948. The third-order valence-electron chi connectivity index (χ3n) is 2.45. The van der Waals surface area contributed by atoms with Gasteiger partial charge < -0.3 is 21.4 Å². The molecule has 0 unspecified atom stereocenters. The molecule has 1 heterocycles. The van der Waals surface area contributed by atoms with E-state index in [2.05, 4.69) is 15.6 Å². The van der Waals surface area contributed by atoms with Gasteiger partial charge in [-0.15, -0.1) is 0 Å². The molecule has 0 aliphatic rings. The SMILES string of the molecule is NC(=O)Nc1ccc(NC(=O)c2cc[nH]c2)c(Cl)c1Cl. The van der Waals surface area contributed by atoms with Crippen molar-refractivity contribution in [2.24, 2.45) is 5.73 Å². The van der Waals surface area contributed by atoms with Crippen LogP contribution >= 0.6 is 23.2 Å². The number of carbonyl (C=O) groups is 2. The minimum atomic E-state index is -0.757.